The van der Waals surface area contributed by atoms with Gasteiger partial charge in [0.25, 0.3) is 17.7 Å². The van der Waals surface area contributed by atoms with Gasteiger partial charge < -0.3 is 10.2 Å². The number of hydrogen-bond donors (Lipinski definition) is 1. The number of likely N-dealkylation sites (tertiary alicyclic amines) is 1. The van der Waals surface area contributed by atoms with Crippen molar-refractivity contribution in [1.82, 2.24) is 15.2 Å². The minimum Gasteiger partial charge on any atom is -0.351 e. The zero-order valence-corrected chi connectivity index (χ0v) is 15.1. The van der Waals surface area contributed by atoms with Crippen LogP contribution in [0.1, 0.15) is 23.7 Å². The predicted molar refractivity (Wildman–Crippen MR) is 94.3 cm³/mol. The van der Waals surface area contributed by atoms with Crippen molar-refractivity contribution in [3.05, 3.63) is 42.2 Å². The summed E-state index contributed by atoms with van der Waals surface area (Å²) in [6.07, 6.45) is 2.19. The summed E-state index contributed by atoms with van der Waals surface area (Å²) in [5, 5.41) is 3.77. The summed E-state index contributed by atoms with van der Waals surface area (Å²) in [6.45, 7) is -1.02. The van der Waals surface area contributed by atoms with Crippen molar-refractivity contribution < 1.29 is 27.2 Å². The number of rotatable bonds is 4. The molecule has 2 aromatic rings. The molecule has 0 aliphatic carbocycles. The van der Waals surface area contributed by atoms with Crippen LogP contribution < -0.4 is 5.32 Å². The fraction of sp³-hybridized carbons (Fsp3) is 0.421. The molecule has 0 spiro atoms. The molecule has 1 saturated heterocycles. The van der Waals surface area contributed by atoms with E-state index in [1.807, 2.05) is 0 Å². The quantitative estimate of drug-likeness (QED) is 0.807. The van der Waals surface area contributed by atoms with Gasteiger partial charge in [0.2, 0.25) is 0 Å². The standard InChI is InChI=1S/C19H19F4N3O2/c1-18(20,21)17(28)26-7-6-19(22,23)13(11-26)9-25-16(27)15-10-24-8-12-4-2-3-5-14(12)15/h2-5,8,10,13H,6-7,9,11H2,1H3,(H,25,27). The van der Waals surface area contributed by atoms with Crippen LogP contribution in [0, 0.1) is 5.92 Å². The molecule has 28 heavy (non-hydrogen) atoms. The molecule has 150 valence electrons. The maximum Gasteiger partial charge on any atom is 0.322 e. The van der Waals surface area contributed by atoms with Gasteiger partial charge in [-0.05, 0) is 5.39 Å². The Balaban J connectivity index is 1.72. The van der Waals surface area contributed by atoms with E-state index in [1.165, 1.54) is 6.20 Å². The molecule has 3 rings (SSSR count). The zero-order chi connectivity index (χ0) is 20.5. The van der Waals surface area contributed by atoms with Crippen LogP contribution in [0.4, 0.5) is 17.6 Å². The molecule has 1 unspecified atom stereocenters. The minimum absolute atomic E-state index is 0.227. The lowest BCUT2D eigenvalue weighted by molar-refractivity contribution is -0.166. The topological polar surface area (TPSA) is 62.3 Å². The van der Waals surface area contributed by atoms with Crippen LogP contribution >= 0.6 is 0 Å². The maximum atomic E-state index is 14.2. The molecule has 2 heterocycles. The van der Waals surface area contributed by atoms with E-state index in [-0.39, 0.29) is 5.56 Å². The summed E-state index contributed by atoms with van der Waals surface area (Å²) < 4.78 is 54.9. The van der Waals surface area contributed by atoms with Crippen LogP contribution in [-0.2, 0) is 4.79 Å². The van der Waals surface area contributed by atoms with Crippen LogP contribution in [0.25, 0.3) is 10.8 Å². The lowest BCUT2D eigenvalue weighted by atomic mass is 9.92. The number of piperidine rings is 1. The largest absolute Gasteiger partial charge is 0.351 e. The summed E-state index contributed by atoms with van der Waals surface area (Å²) in [5.41, 5.74) is 0.227. The molecule has 1 atom stereocenters. The van der Waals surface area contributed by atoms with Crippen LogP contribution in [-0.4, -0.2) is 53.2 Å². The monoisotopic (exact) mass is 397 g/mol. The van der Waals surface area contributed by atoms with Crippen LogP contribution in [0.3, 0.4) is 0 Å². The van der Waals surface area contributed by atoms with E-state index >= 15 is 0 Å². The van der Waals surface area contributed by atoms with E-state index in [1.54, 1.807) is 30.5 Å². The number of benzene rings is 1. The van der Waals surface area contributed by atoms with Gasteiger partial charge in [-0.1, -0.05) is 24.3 Å². The molecule has 2 amide bonds. The Hall–Kier alpha value is -2.71. The molecule has 0 radical (unpaired) electrons. The van der Waals surface area contributed by atoms with Crippen molar-refractivity contribution in [2.45, 2.75) is 25.2 Å². The number of pyridine rings is 1. The van der Waals surface area contributed by atoms with Gasteiger partial charge in [0.05, 0.1) is 11.5 Å². The Bertz CT molecular complexity index is 893. The Morgan fingerprint density at radius 2 is 2.00 bits per heavy atom. The van der Waals surface area contributed by atoms with E-state index < -0.39 is 55.6 Å². The second-order valence-electron chi connectivity index (χ2n) is 6.97. The summed E-state index contributed by atoms with van der Waals surface area (Å²) in [5.74, 6) is -10.3. The Morgan fingerprint density at radius 1 is 1.29 bits per heavy atom. The molecule has 5 nitrogen and oxygen atoms in total. The van der Waals surface area contributed by atoms with Crippen molar-refractivity contribution in [3.8, 4) is 0 Å². The van der Waals surface area contributed by atoms with Crippen LogP contribution in [0.5, 0.6) is 0 Å². The highest BCUT2D eigenvalue weighted by Gasteiger charge is 2.48. The van der Waals surface area contributed by atoms with E-state index in [2.05, 4.69) is 10.3 Å². The lowest BCUT2D eigenvalue weighted by Gasteiger charge is -2.39. The minimum atomic E-state index is -3.63. The van der Waals surface area contributed by atoms with Gasteiger partial charge in [-0.3, -0.25) is 14.6 Å². The van der Waals surface area contributed by atoms with Gasteiger partial charge in [-0.2, -0.15) is 8.78 Å². The number of hydrogen-bond acceptors (Lipinski definition) is 3. The van der Waals surface area contributed by atoms with Gasteiger partial charge in [0, 0.05) is 50.8 Å². The molecule has 0 saturated carbocycles. The average Bonchev–Trinajstić information content (AvgIpc) is 2.65. The number of halogens is 4. The Labute approximate surface area is 158 Å². The van der Waals surface area contributed by atoms with E-state index in [0.717, 1.165) is 10.3 Å². The number of nitrogens with one attached hydrogen (secondary N) is 1. The average molecular weight is 397 g/mol. The highest BCUT2D eigenvalue weighted by molar-refractivity contribution is 6.06. The zero-order valence-electron chi connectivity index (χ0n) is 15.1. The number of aromatic nitrogens is 1. The molecule has 0 bridgehead atoms. The number of alkyl halides is 4. The first-order valence-corrected chi connectivity index (χ1v) is 8.75. The molecule has 1 aliphatic rings. The normalized spacial score (nSPS) is 19.5. The van der Waals surface area contributed by atoms with E-state index in [9.17, 15) is 27.2 Å². The Morgan fingerprint density at radius 3 is 2.71 bits per heavy atom. The lowest BCUT2D eigenvalue weighted by Crippen LogP contribution is -2.55. The van der Waals surface area contributed by atoms with Crippen LogP contribution in [0.2, 0.25) is 0 Å². The first-order valence-electron chi connectivity index (χ1n) is 8.75. The molecular weight excluding hydrogens is 378 g/mol. The van der Waals surface area contributed by atoms with Crippen molar-refractivity contribution >= 4 is 22.6 Å². The van der Waals surface area contributed by atoms with E-state index in [0.29, 0.717) is 12.3 Å². The van der Waals surface area contributed by atoms with Gasteiger partial charge >= 0.3 is 5.92 Å². The van der Waals surface area contributed by atoms with Gasteiger partial charge in [-0.15, -0.1) is 0 Å². The third-order valence-corrected chi connectivity index (χ3v) is 4.84. The number of amides is 2. The van der Waals surface area contributed by atoms with E-state index in [4.69, 9.17) is 0 Å². The number of nitrogens with zero attached hydrogens (tertiary/aromatic N) is 2. The van der Waals surface area contributed by atoms with Crippen molar-refractivity contribution in [2.24, 2.45) is 5.92 Å². The molecular formula is C19H19F4N3O2. The highest BCUT2D eigenvalue weighted by atomic mass is 19.3. The van der Waals surface area contributed by atoms with Crippen molar-refractivity contribution in [3.63, 3.8) is 0 Å². The SMILES string of the molecule is CC(F)(F)C(=O)N1CCC(F)(F)C(CNC(=O)c2cncc3ccccc23)C1. The van der Waals surface area contributed by atoms with Gasteiger partial charge in [-0.25, -0.2) is 8.78 Å². The van der Waals surface area contributed by atoms with Crippen molar-refractivity contribution in [1.29, 1.82) is 0 Å². The smallest absolute Gasteiger partial charge is 0.322 e. The molecule has 9 heteroatoms. The maximum absolute atomic E-state index is 14.2. The molecule has 1 aromatic heterocycles. The number of carbonyl (C=O) groups is 2. The third kappa shape index (κ3) is 4.07. The second kappa shape index (κ2) is 7.37. The number of carbonyl (C=O) groups excluding carboxylic acids is 2. The highest BCUT2D eigenvalue weighted by Crippen LogP contribution is 2.34. The first kappa shape index (κ1) is 20.0. The fourth-order valence-corrected chi connectivity index (χ4v) is 3.26. The van der Waals surface area contributed by atoms with Gasteiger partial charge in [0.15, 0.2) is 0 Å². The molecule has 1 fully saturated rings. The molecule has 1 N–H and O–H groups in total. The fourth-order valence-electron chi connectivity index (χ4n) is 3.26. The summed E-state index contributed by atoms with van der Waals surface area (Å²) in [4.78, 5) is 28.9. The van der Waals surface area contributed by atoms with Gasteiger partial charge in [0.1, 0.15) is 0 Å². The van der Waals surface area contributed by atoms with Crippen LogP contribution in [0.15, 0.2) is 36.7 Å². The summed E-state index contributed by atoms with van der Waals surface area (Å²) >= 11 is 0. The van der Waals surface area contributed by atoms with Crippen molar-refractivity contribution in [2.75, 3.05) is 19.6 Å². The predicted octanol–water partition coefficient (Wildman–Crippen LogP) is 3.10. The summed E-state index contributed by atoms with van der Waals surface area (Å²) in [7, 11) is 0. The summed E-state index contributed by atoms with van der Waals surface area (Å²) in [6, 6.07) is 7.00. The second-order valence-corrected chi connectivity index (χ2v) is 6.97. The Kier molecular flexibility index (Phi) is 5.27. The third-order valence-electron chi connectivity index (χ3n) is 4.84. The first-order chi connectivity index (χ1) is 13.1. The molecule has 1 aliphatic heterocycles. The number of fused-ring (bicyclic) bond motifs is 1. The molecule has 1 aromatic carbocycles.